The Labute approximate surface area is 254 Å². The molecule has 2 aliphatic heterocycles. The minimum absolute atomic E-state index is 0.0941. The molecule has 0 N–H and O–H groups in total. The second-order valence-corrected chi connectivity index (χ2v) is 13.4. The van der Waals surface area contributed by atoms with Crippen molar-refractivity contribution in [3.63, 3.8) is 0 Å². The van der Waals surface area contributed by atoms with Crippen LogP contribution in [0.4, 0.5) is 16.3 Å². The topological polar surface area (TPSA) is 105 Å². The molecule has 3 fully saturated rings. The van der Waals surface area contributed by atoms with E-state index in [-0.39, 0.29) is 18.2 Å². The third-order valence-electron chi connectivity index (χ3n) is 8.97. The second kappa shape index (κ2) is 12.5. The summed E-state index contributed by atoms with van der Waals surface area (Å²) in [6, 6.07) is 6.17. The van der Waals surface area contributed by atoms with E-state index in [2.05, 4.69) is 48.3 Å². The first-order valence-electron chi connectivity index (χ1n) is 15.9. The van der Waals surface area contributed by atoms with E-state index < -0.39 is 5.60 Å². The Morgan fingerprint density at radius 3 is 2.49 bits per heavy atom. The Kier molecular flexibility index (Phi) is 8.50. The number of amides is 1. The largest absolute Gasteiger partial charge is 0.444 e. The van der Waals surface area contributed by atoms with Crippen LogP contribution in [-0.2, 0) is 4.74 Å². The maximum atomic E-state index is 13.2. The molecule has 1 unspecified atom stereocenters. The van der Waals surface area contributed by atoms with Crippen LogP contribution >= 0.6 is 0 Å². The summed E-state index contributed by atoms with van der Waals surface area (Å²) in [6.45, 7) is 12.4. The van der Waals surface area contributed by atoms with Gasteiger partial charge in [0.15, 0.2) is 5.82 Å². The van der Waals surface area contributed by atoms with E-state index in [9.17, 15) is 4.79 Å². The van der Waals surface area contributed by atoms with Crippen molar-refractivity contribution in [3.8, 4) is 11.3 Å². The summed E-state index contributed by atoms with van der Waals surface area (Å²) in [5.41, 5.74) is 3.19. The SMILES string of the molecule is CC(c1ccc(N2CCC[C@@H](N(CC3CCC3)C(=O)OC(C)(C)C)C2)nn1)n1cc(-c2cncc(N3CCCC3)c2)nn1. The second-order valence-electron chi connectivity index (χ2n) is 13.4. The predicted molar refractivity (Wildman–Crippen MR) is 166 cm³/mol. The lowest BCUT2D eigenvalue weighted by Gasteiger charge is -2.42. The van der Waals surface area contributed by atoms with Crippen LogP contribution in [0.2, 0.25) is 0 Å². The zero-order valence-electron chi connectivity index (χ0n) is 26.0. The lowest BCUT2D eigenvalue weighted by Crippen LogP contribution is -2.53. The maximum absolute atomic E-state index is 13.2. The summed E-state index contributed by atoms with van der Waals surface area (Å²) < 4.78 is 7.66. The molecule has 230 valence electrons. The van der Waals surface area contributed by atoms with Gasteiger partial charge < -0.3 is 19.4 Å². The summed E-state index contributed by atoms with van der Waals surface area (Å²) in [7, 11) is 0. The molecule has 43 heavy (non-hydrogen) atoms. The number of anilines is 2. The highest BCUT2D eigenvalue weighted by Crippen LogP contribution is 2.31. The highest BCUT2D eigenvalue weighted by Gasteiger charge is 2.35. The van der Waals surface area contributed by atoms with Crippen LogP contribution in [0.5, 0.6) is 0 Å². The monoisotopic (exact) mass is 587 g/mol. The molecule has 0 spiro atoms. The van der Waals surface area contributed by atoms with E-state index in [0.29, 0.717) is 5.92 Å². The normalized spacial score (nSPS) is 20.1. The van der Waals surface area contributed by atoms with E-state index in [1.165, 1.54) is 32.1 Å². The molecule has 1 saturated carbocycles. The Morgan fingerprint density at radius 2 is 1.79 bits per heavy atom. The molecule has 1 aliphatic carbocycles. The van der Waals surface area contributed by atoms with Gasteiger partial charge in [-0.3, -0.25) is 4.98 Å². The van der Waals surface area contributed by atoms with Crippen molar-refractivity contribution in [3.05, 3.63) is 42.5 Å². The van der Waals surface area contributed by atoms with E-state index >= 15 is 0 Å². The molecule has 6 rings (SSSR count). The first kappa shape index (κ1) is 29.3. The number of hydrogen-bond donors (Lipinski definition) is 0. The number of hydrogen-bond acceptors (Lipinski definition) is 9. The molecular formula is C32H45N9O2. The highest BCUT2D eigenvalue weighted by atomic mass is 16.6. The van der Waals surface area contributed by atoms with E-state index in [1.54, 1.807) is 0 Å². The van der Waals surface area contributed by atoms with Crippen molar-refractivity contribution in [2.24, 2.45) is 5.92 Å². The number of aromatic nitrogens is 6. The van der Waals surface area contributed by atoms with Crippen molar-refractivity contribution in [1.82, 2.24) is 35.1 Å². The van der Waals surface area contributed by atoms with Crippen LogP contribution in [0.25, 0.3) is 11.3 Å². The summed E-state index contributed by atoms with van der Waals surface area (Å²) in [5.74, 6) is 1.41. The van der Waals surface area contributed by atoms with Crippen molar-refractivity contribution in [2.75, 3.05) is 42.5 Å². The van der Waals surface area contributed by atoms with Crippen molar-refractivity contribution < 1.29 is 9.53 Å². The number of ether oxygens (including phenoxy) is 1. The average Bonchev–Trinajstić information content (AvgIpc) is 3.69. The smallest absolute Gasteiger partial charge is 0.410 e. The third-order valence-corrected chi connectivity index (χ3v) is 8.97. The minimum Gasteiger partial charge on any atom is -0.444 e. The van der Waals surface area contributed by atoms with Gasteiger partial charge in [0.25, 0.3) is 0 Å². The molecule has 0 radical (unpaired) electrons. The van der Waals surface area contributed by atoms with Crippen molar-refractivity contribution in [2.45, 2.75) is 90.3 Å². The number of piperidine rings is 1. The average molecular weight is 588 g/mol. The van der Waals surface area contributed by atoms with E-state index in [1.807, 2.05) is 61.1 Å². The van der Waals surface area contributed by atoms with Gasteiger partial charge in [0.05, 0.1) is 35.9 Å². The standard InChI is InChI=1S/C32H45N9O2/c1-23(41-22-29(35-37-41)25-17-27(19-33-18-25)38-14-5-6-15-38)28-12-13-30(36-34-28)39-16-8-11-26(21-39)40(20-24-9-7-10-24)31(42)43-32(2,3)4/h12-13,17-19,22-24,26H,5-11,14-16,20-21H2,1-4H3/t23?,26-/m1/s1. The van der Waals surface area contributed by atoms with Crippen molar-refractivity contribution in [1.29, 1.82) is 0 Å². The molecule has 0 aromatic carbocycles. The summed E-state index contributed by atoms with van der Waals surface area (Å²) in [6.07, 6.45) is 13.6. The molecule has 1 amide bonds. The fraction of sp³-hybridized carbons (Fsp3) is 0.625. The van der Waals surface area contributed by atoms with Gasteiger partial charge in [-0.1, -0.05) is 11.6 Å². The van der Waals surface area contributed by atoms with Gasteiger partial charge in [0.2, 0.25) is 0 Å². The third kappa shape index (κ3) is 6.91. The minimum atomic E-state index is -0.513. The molecule has 3 aromatic rings. The number of rotatable bonds is 8. The number of carbonyl (C=O) groups excluding carboxylic acids is 1. The molecule has 5 heterocycles. The van der Waals surface area contributed by atoms with Crippen LogP contribution in [0, 0.1) is 5.92 Å². The Hall–Kier alpha value is -3.76. The van der Waals surface area contributed by atoms with Crippen LogP contribution < -0.4 is 9.80 Å². The fourth-order valence-electron chi connectivity index (χ4n) is 6.24. The number of nitrogens with zero attached hydrogens (tertiary/aromatic N) is 9. The predicted octanol–water partition coefficient (Wildman–Crippen LogP) is 5.35. The lowest BCUT2D eigenvalue weighted by atomic mass is 9.84. The summed E-state index contributed by atoms with van der Waals surface area (Å²) in [4.78, 5) is 24.3. The van der Waals surface area contributed by atoms with Gasteiger partial charge in [-0.2, -0.15) is 5.10 Å². The lowest BCUT2D eigenvalue weighted by molar-refractivity contribution is 0.00733. The zero-order chi connectivity index (χ0) is 30.0. The van der Waals surface area contributed by atoms with Gasteiger partial charge in [0.1, 0.15) is 11.3 Å². The van der Waals surface area contributed by atoms with Crippen LogP contribution in [0.15, 0.2) is 36.8 Å². The molecule has 11 heteroatoms. The quantitative estimate of drug-likeness (QED) is 0.345. The maximum Gasteiger partial charge on any atom is 0.410 e. The first-order chi connectivity index (χ1) is 20.7. The molecule has 2 saturated heterocycles. The first-order valence-corrected chi connectivity index (χ1v) is 15.9. The number of carbonyl (C=O) groups is 1. The fourth-order valence-corrected chi connectivity index (χ4v) is 6.24. The molecule has 11 nitrogen and oxygen atoms in total. The van der Waals surface area contributed by atoms with E-state index in [0.717, 1.165) is 74.0 Å². The van der Waals surface area contributed by atoms with E-state index in [4.69, 9.17) is 4.74 Å². The Balaban J connectivity index is 1.12. The van der Waals surface area contributed by atoms with Gasteiger partial charge in [-0.05, 0) is 90.3 Å². The molecule has 0 bridgehead atoms. The Bertz CT molecular complexity index is 1380. The van der Waals surface area contributed by atoms with Crippen LogP contribution in [-0.4, -0.2) is 85.5 Å². The molecule has 3 aromatic heterocycles. The van der Waals surface area contributed by atoms with Crippen molar-refractivity contribution >= 4 is 17.6 Å². The van der Waals surface area contributed by atoms with Gasteiger partial charge in [-0.15, -0.1) is 10.2 Å². The molecule has 2 atom stereocenters. The van der Waals surface area contributed by atoms with Gasteiger partial charge in [-0.25, -0.2) is 9.48 Å². The molecule has 3 aliphatic rings. The summed E-state index contributed by atoms with van der Waals surface area (Å²) >= 11 is 0. The van der Waals surface area contributed by atoms with Crippen LogP contribution in [0.3, 0.4) is 0 Å². The Morgan fingerprint density at radius 1 is 1.00 bits per heavy atom. The highest BCUT2D eigenvalue weighted by molar-refractivity contribution is 5.69. The molecular weight excluding hydrogens is 542 g/mol. The number of pyridine rings is 1. The van der Waals surface area contributed by atoms with Gasteiger partial charge >= 0.3 is 6.09 Å². The van der Waals surface area contributed by atoms with Gasteiger partial charge in [0, 0.05) is 44.5 Å². The summed E-state index contributed by atoms with van der Waals surface area (Å²) in [5, 5.41) is 18.1. The van der Waals surface area contributed by atoms with Crippen LogP contribution in [0.1, 0.15) is 84.4 Å². The zero-order valence-corrected chi connectivity index (χ0v) is 26.0.